The van der Waals surface area contributed by atoms with Crippen LogP contribution in [-0.2, 0) is 4.79 Å². The third-order valence-corrected chi connectivity index (χ3v) is 4.51. The van der Waals surface area contributed by atoms with Crippen molar-refractivity contribution in [2.75, 3.05) is 16.0 Å². The molecule has 0 spiro atoms. The van der Waals surface area contributed by atoms with Gasteiger partial charge in [0.05, 0.1) is 5.01 Å². The molecule has 0 saturated heterocycles. The van der Waals surface area contributed by atoms with Crippen molar-refractivity contribution in [3.8, 4) is 5.88 Å². The summed E-state index contributed by atoms with van der Waals surface area (Å²) in [6, 6.07) is 13.9. The number of thiazole rings is 1. The summed E-state index contributed by atoms with van der Waals surface area (Å²) in [5, 5.41) is 10.3. The summed E-state index contributed by atoms with van der Waals surface area (Å²) in [6.07, 6.45) is -0.678. The zero-order valence-electron chi connectivity index (χ0n) is 15.1. The molecule has 3 N–H and O–H groups in total. The van der Waals surface area contributed by atoms with Gasteiger partial charge in [0.25, 0.3) is 5.88 Å². The molecule has 0 aliphatic rings. The molecule has 1 heterocycles. The van der Waals surface area contributed by atoms with E-state index in [1.54, 1.807) is 42.5 Å². The first kappa shape index (κ1) is 19.7. The lowest BCUT2D eigenvalue weighted by Crippen LogP contribution is -2.17. The molecule has 0 fully saturated rings. The van der Waals surface area contributed by atoms with E-state index in [4.69, 9.17) is 16.3 Å². The molecule has 0 bridgehead atoms. The first-order valence-corrected chi connectivity index (χ1v) is 9.45. The second kappa shape index (κ2) is 8.73. The maximum Gasteiger partial charge on any atom is 0.418 e. The molecule has 0 aliphatic carbocycles. The van der Waals surface area contributed by atoms with Gasteiger partial charge in [-0.1, -0.05) is 35.1 Å². The number of amides is 2. The zero-order valence-corrected chi connectivity index (χ0v) is 16.6. The van der Waals surface area contributed by atoms with Crippen LogP contribution < -0.4 is 20.7 Å². The van der Waals surface area contributed by atoms with Crippen molar-refractivity contribution < 1.29 is 14.3 Å². The van der Waals surface area contributed by atoms with Gasteiger partial charge in [-0.05, 0) is 43.3 Å². The summed E-state index contributed by atoms with van der Waals surface area (Å²) in [6.45, 7) is 3.25. The lowest BCUT2D eigenvalue weighted by Gasteiger charge is -2.09. The fourth-order valence-corrected chi connectivity index (χ4v) is 3.32. The third-order valence-electron chi connectivity index (χ3n) is 3.40. The quantitative estimate of drug-likeness (QED) is 0.516. The van der Waals surface area contributed by atoms with E-state index in [1.165, 1.54) is 18.3 Å². The largest absolute Gasteiger partial charge is 0.418 e. The SMILES string of the molecule is CC(=O)Nc1cccc(Nc2sc(C)nc2OC(=O)Nc2cccc(Cl)c2)c1. The molecule has 0 unspecified atom stereocenters. The summed E-state index contributed by atoms with van der Waals surface area (Å²) in [4.78, 5) is 27.7. The Morgan fingerprint density at radius 3 is 2.43 bits per heavy atom. The first-order valence-electron chi connectivity index (χ1n) is 8.25. The Morgan fingerprint density at radius 1 is 1.04 bits per heavy atom. The molecular formula is C19H17ClN4O3S. The molecule has 3 aromatic rings. The van der Waals surface area contributed by atoms with Gasteiger partial charge in [-0.25, -0.2) is 9.78 Å². The number of aromatic nitrogens is 1. The fraction of sp³-hybridized carbons (Fsp3) is 0.105. The highest BCUT2D eigenvalue weighted by Gasteiger charge is 2.15. The van der Waals surface area contributed by atoms with E-state index < -0.39 is 6.09 Å². The smallest absolute Gasteiger partial charge is 0.388 e. The second-order valence-electron chi connectivity index (χ2n) is 5.78. The van der Waals surface area contributed by atoms with Crippen LogP contribution in [0.1, 0.15) is 11.9 Å². The molecule has 28 heavy (non-hydrogen) atoms. The Kier molecular flexibility index (Phi) is 6.13. The van der Waals surface area contributed by atoms with Gasteiger partial charge in [0.2, 0.25) is 5.91 Å². The number of anilines is 4. The first-order chi connectivity index (χ1) is 13.4. The van der Waals surface area contributed by atoms with Crippen LogP contribution in [0, 0.1) is 6.92 Å². The number of carbonyl (C=O) groups is 2. The van der Waals surface area contributed by atoms with Gasteiger partial charge in [0.15, 0.2) is 5.00 Å². The van der Waals surface area contributed by atoms with Crippen molar-refractivity contribution in [2.45, 2.75) is 13.8 Å². The number of aryl methyl sites for hydroxylation is 1. The highest BCUT2D eigenvalue weighted by Crippen LogP contribution is 2.34. The highest BCUT2D eigenvalue weighted by atomic mass is 35.5. The Labute approximate surface area is 170 Å². The molecule has 0 aliphatic heterocycles. The van der Waals surface area contributed by atoms with Crippen molar-refractivity contribution in [2.24, 2.45) is 0 Å². The molecule has 3 rings (SSSR count). The monoisotopic (exact) mass is 416 g/mol. The number of halogens is 1. The van der Waals surface area contributed by atoms with Gasteiger partial charge in [-0.2, -0.15) is 0 Å². The van der Waals surface area contributed by atoms with Gasteiger partial charge < -0.3 is 15.4 Å². The number of hydrogen-bond acceptors (Lipinski definition) is 6. The van der Waals surface area contributed by atoms with Crippen LogP contribution in [0.25, 0.3) is 0 Å². The van der Waals surface area contributed by atoms with Crippen LogP contribution in [0.3, 0.4) is 0 Å². The summed E-state index contributed by atoms with van der Waals surface area (Å²) >= 11 is 7.26. The van der Waals surface area contributed by atoms with Crippen LogP contribution in [0.2, 0.25) is 5.02 Å². The van der Waals surface area contributed by atoms with E-state index in [9.17, 15) is 9.59 Å². The number of carbonyl (C=O) groups excluding carboxylic acids is 2. The fourth-order valence-electron chi connectivity index (χ4n) is 2.36. The lowest BCUT2D eigenvalue weighted by molar-refractivity contribution is -0.114. The lowest BCUT2D eigenvalue weighted by atomic mass is 10.2. The Bertz CT molecular complexity index is 1020. The van der Waals surface area contributed by atoms with Crippen molar-refractivity contribution in [3.63, 3.8) is 0 Å². The number of nitrogens with zero attached hydrogens (tertiary/aromatic N) is 1. The van der Waals surface area contributed by atoms with E-state index in [1.807, 2.05) is 13.0 Å². The maximum absolute atomic E-state index is 12.2. The maximum atomic E-state index is 12.2. The number of nitrogens with one attached hydrogen (secondary N) is 3. The topological polar surface area (TPSA) is 92.3 Å². The van der Waals surface area contributed by atoms with Crippen molar-refractivity contribution >= 4 is 57.0 Å². The molecular weight excluding hydrogens is 400 g/mol. The molecule has 0 saturated carbocycles. The minimum absolute atomic E-state index is 0.159. The molecule has 2 amide bonds. The van der Waals surface area contributed by atoms with Crippen LogP contribution in [0.15, 0.2) is 48.5 Å². The normalized spacial score (nSPS) is 10.2. The predicted octanol–water partition coefficient (Wildman–Crippen LogP) is 5.42. The van der Waals surface area contributed by atoms with Crippen LogP contribution in [0.5, 0.6) is 5.88 Å². The van der Waals surface area contributed by atoms with E-state index in [0.717, 1.165) is 10.7 Å². The third kappa shape index (κ3) is 5.45. The van der Waals surface area contributed by atoms with Gasteiger partial charge in [0, 0.05) is 29.0 Å². The minimum Gasteiger partial charge on any atom is -0.388 e. The average Bonchev–Trinajstić information content (AvgIpc) is 2.93. The average molecular weight is 417 g/mol. The van der Waals surface area contributed by atoms with Gasteiger partial charge in [-0.15, -0.1) is 0 Å². The zero-order chi connectivity index (χ0) is 20.1. The Morgan fingerprint density at radius 2 is 1.71 bits per heavy atom. The summed E-state index contributed by atoms with van der Waals surface area (Å²) < 4.78 is 5.35. The number of ether oxygens (including phenoxy) is 1. The number of hydrogen-bond donors (Lipinski definition) is 3. The minimum atomic E-state index is -0.678. The van der Waals surface area contributed by atoms with Crippen LogP contribution in [0.4, 0.5) is 26.9 Å². The molecule has 1 aromatic heterocycles. The van der Waals surface area contributed by atoms with Gasteiger partial charge >= 0.3 is 6.09 Å². The van der Waals surface area contributed by atoms with E-state index >= 15 is 0 Å². The Hall–Kier alpha value is -3.10. The van der Waals surface area contributed by atoms with E-state index in [-0.39, 0.29) is 11.8 Å². The van der Waals surface area contributed by atoms with Crippen LogP contribution >= 0.6 is 22.9 Å². The van der Waals surface area contributed by atoms with Gasteiger partial charge in [0.1, 0.15) is 0 Å². The van der Waals surface area contributed by atoms with E-state index in [2.05, 4.69) is 20.9 Å². The summed E-state index contributed by atoms with van der Waals surface area (Å²) in [7, 11) is 0. The van der Waals surface area contributed by atoms with E-state index in [0.29, 0.717) is 21.4 Å². The summed E-state index contributed by atoms with van der Waals surface area (Å²) in [5.74, 6) is -0.000508. The molecule has 0 radical (unpaired) electrons. The standard InChI is InChI=1S/C19H17ClN4O3S/c1-11(25)21-15-7-4-8-16(10-15)23-18-17(22-12(2)28-18)27-19(26)24-14-6-3-5-13(20)9-14/h3-10,23H,1-2H3,(H,21,25)(H,24,26). The van der Waals surface area contributed by atoms with Gasteiger partial charge in [-0.3, -0.25) is 10.1 Å². The molecule has 144 valence electrons. The van der Waals surface area contributed by atoms with Crippen molar-refractivity contribution in [1.82, 2.24) is 4.98 Å². The number of rotatable bonds is 5. The molecule has 7 nitrogen and oxygen atoms in total. The highest BCUT2D eigenvalue weighted by molar-refractivity contribution is 7.16. The van der Waals surface area contributed by atoms with Crippen molar-refractivity contribution in [3.05, 3.63) is 58.6 Å². The van der Waals surface area contributed by atoms with Crippen LogP contribution in [-0.4, -0.2) is 17.0 Å². The number of benzene rings is 2. The Balaban J connectivity index is 1.72. The molecule has 0 atom stereocenters. The predicted molar refractivity (Wildman–Crippen MR) is 112 cm³/mol. The van der Waals surface area contributed by atoms with Crippen molar-refractivity contribution in [1.29, 1.82) is 0 Å². The second-order valence-corrected chi connectivity index (χ2v) is 7.42. The molecule has 2 aromatic carbocycles. The summed E-state index contributed by atoms with van der Waals surface area (Å²) in [5.41, 5.74) is 1.89. The molecule has 9 heteroatoms.